The van der Waals surface area contributed by atoms with Crippen molar-refractivity contribution < 1.29 is 0 Å². The second kappa shape index (κ2) is 5.40. The molecular formula is C14H19N5. The standard InChI is InChI=1S/C14H19N5/c1-17-12-15-16-14(17)11-18-7-9-19(10-8-18)13-5-3-2-4-6-13/h2-6,12H,7-11H2,1H3. The van der Waals surface area contributed by atoms with Crippen LogP contribution in [0.15, 0.2) is 36.7 Å². The van der Waals surface area contributed by atoms with Gasteiger partial charge in [-0.1, -0.05) is 18.2 Å². The van der Waals surface area contributed by atoms with Crippen LogP contribution in [0.3, 0.4) is 0 Å². The maximum absolute atomic E-state index is 4.14. The molecule has 5 nitrogen and oxygen atoms in total. The molecule has 100 valence electrons. The first-order valence-electron chi connectivity index (χ1n) is 6.68. The third-order valence-corrected chi connectivity index (χ3v) is 3.66. The Kier molecular flexibility index (Phi) is 3.46. The molecule has 1 aliphatic rings. The summed E-state index contributed by atoms with van der Waals surface area (Å²) in [6.45, 7) is 5.17. The largest absolute Gasteiger partial charge is 0.369 e. The molecule has 0 unspecified atom stereocenters. The number of anilines is 1. The topological polar surface area (TPSA) is 37.2 Å². The van der Waals surface area contributed by atoms with Crippen LogP contribution in [0.4, 0.5) is 5.69 Å². The molecule has 3 rings (SSSR count). The number of hydrogen-bond acceptors (Lipinski definition) is 4. The van der Waals surface area contributed by atoms with Crippen LogP contribution in [-0.4, -0.2) is 45.8 Å². The van der Waals surface area contributed by atoms with Crippen molar-refractivity contribution in [1.29, 1.82) is 0 Å². The molecule has 2 heterocycles. The van der Waals surface area contributed by atoms with Gasteiger partial charge in [-0.2, -0.15) is 0 Å². The van der Waals surface area contributed by atoms with Gasteiger partial charge < -0.3 is 9.47 Å². The Morgan fingerprint density at radius 1 is 1.05 bits per heavy atom. The molecule has 5 heteroatoms. The SMILES string of the molecule is Cn1cnnc1CN1CCN(c2ccccc2)CC1. The third kappa shape index (κ3) is 2.76. The molecule has 0 saturated carbocycles. The van der Waals surface area contributed by atoms with Crippen LogP contribution >= 0.6 is 0 Å². The number of para-hydroxylation sites is 1. The highest BCUT2D eigenvalue weighted by Gasteiger charge is 2.18. The molecule has 1 aromatic carbocycles. The average Bonchev–Trinajstić information content (AvgIpc) is 2.86. The first kappa shape index (κ1) is 12.2. The summed E-state index contributed by atoms with van der Waals surface area (Å²) >= 11 is 0. The molecular weight excluding hydrogens is 238 g/mol. The monoisotopic (exact) mass is 257 g/mol. The highest BCUT2D eigenvalue weighted by molar-refractivity contribution is 5.46. The second-order valence-corrected chi connectivity index (χ2v) is 4.96. The summed E-state index contributed by atoms with van der Waals surface area (Å²) < 4.78 is 1.99. The Labute approximate surface area is 113 Å². The van der Waals surface area contributed by atoms with Gasteiger partial charge in [0.2, 0.25) is 0 Å². The average molecular weight is 257 g/mol. The number of aromatic nitrogens is 3. The minimum absolute atomic E-state index is 0.888. The van der Waals surface area contributed by atoms with Crippen molar-refractivity contribution in [1.82, 2.24) is 19.7 Å². The van der Waals surface area contributed by atoms with Crippen molar-refractivity contribution in [3.63, 3.8) is 0 Å². The predicted molar refractivity (Wildman–Crippen MR) is 74.9 cm³/mol. The molecule has 0 aliphatic carbocycles. The van der Waals surface area contributed by atoms with Crippen LogP contribution in [-0.2, 0) is 13.6 Å². The number of piperazine rings is 1. The van der Waals surface area contributed by atoms with Gasteiger partial charge in [-0.25, -0.2) is 0 Å². The molecule has 1 aliphatic heterocycles. The van der Waals surface area contributed by atoms with E-state index in [1.807, 2.05) is 11.6 Å². The fourth-order valence-electron chi connectivity index (χ4n) is 2.45. The molecule has 0 N–H and O–H groups in total. The summed E-state index contributed by atoms with van der Waals surface area (Å²) in [6.07, 6.45) is 1.76. The zero-order valence-corrected chi connectivity index (χ0v) is 11.2. The summed E-state index contributed by atoms with van der Waals surface area (Å²) in [5, 5.41) is 8.07. The Hall–Kier alpha value is -1.88. The van der Waals surface area contributed by atoms with Gasteiger partial charge in [0, 0.05) is 38.9 Å². The molecule has 0 radical (unpaired) electrons. The van der Waals surface area contributed by atoms with Crippen molar-refractivity contribution in [2.75, 3.05) is 31.1 Å². The Morgan fingerprint density at radius 2 is 1.79 bits per heavy atom. The van der Waals surface area contributed by atoms with Gasteiger partial charge >= 0.3 is 0 Å². The van der Waals surface area contributed by atoms with E-state index in [4.69, 9.17) is 0 Å². The van der Waals surface area contributed by atoms with E-state index in [0.29, 0.717) is 0 Å². The van der Waals surface area contributed by atoms with E-state index < -0.39 is 0 Å². The Bertz CT molecular complexity index is 514. The zero-order chi connectivity index (χ0) is 13.1. The van der Waals surface area contributed by atoms with E-state index in [0.717, 1.165) is 38.5 Å². The molecule has 0 bridgehead atoms. The lowest BCUT2D eigenvalue weighted by Gasteiger charge is -2.35. The van der Waals surface area contributed by atoms with Gasteiger partial charge in [0.1, 0.15) is 12.2 Å². The van der Waals surface area contributed by atoms with E-state index in [-0.39, 0.29) is 0 Å². The lowest BCUT2D eigenvalue weighted by Crippen LogP contribution is -2.46. The molecule has 2 aromatic rings. The molecule has 1 fully saturated rings. The summed E-state index contributed by atoms with van der Waals surface area (Å²) in [6, 6.07) is 10.6. The fourth-order valence-corrected chi connectivity index (χ4v) is 2.45. The van der Waals surface area contributed by atoms with E-state index in [9.17, 15) is 0 Å². The summed E-state index contributed by atoms with van der Waals surface area (Å²) in [5.74, 6) is 1.04. The van der Waals surface area contributed by atoms with Crippen molar-refractivity contribution in [2.24, 2.45) is 7.05 Å². The van der Waals surface area contributed by atoms with Gasteiger partial charge in [-0.3, -0.25) is 4.90 Å². The van der Waals surface area contributed by atoms with E-state index in [1.54, 1.807) is 6.33 Å². The second-order valence-electron chi connectivity index (χ2n) is 4.96. The lowest BCUT2D eigenvalue weighted by molar-refractivity contribution is 0.241. The van der Waals surface area contributed by atoms with E-state index >= 15 is 0 Å². The minimum atomic E-state index is 0.888. The van der Waals surface area contributed by atoms with Gasteiger partial charge in [0.15, 0.2) is 0 Å². The molecule has 0 amide bonds. The maximum atomic E-state index is 4.14. The van der Waals surface area contributed by atoms with Crippen LogP contribution < -0.4 is 4.90 Å². The summed E-state index contributed by atoms with van der Waals surface area (Å²) in [7, 11) is 2.00. The van der Waals surface area contributed by atoms with Gasteiger partial charge in [-0.15, -0.1) is 10.2 Å². The summed E-state index contributed by atoms with van der Waals surface area (Å²) in [4.78, 5) is 4.87. The van der Waals surface area contributed by atoms with E-state index in [1.165, 1.54) is 5.69 Å². The van der Waals surface area contributed by atoms with E-state index in [2.05, 4.69) is 50.3 Å². The van der Waals surface area contributed by atoms with Crippen molar-refractivity contribution in [3.05, 3.63) is 42.5 Å². The van der Waals surface area contributed by atoms with Crippen LogP contribution in [0.1, 0.15) is 5.82 Å². The molecule has 19 heavy (non-hydrogen) atoms. The minimum Gasteiger partial charge on any atom is -0.369 e. The van der Waals surface area contributed by atoms with Gasteiger partial charge in [0.05, 0.1) is 6.54 Å². The summed E-state index contributed by atoms with van der Waals surface area (Å²) in [5.41, 5.74) is 1.32. The molecule has 1 saturated heterocycles. The van der Waals surface area contributed by atoms with Gasteiger partial charge in [-0.05, 0) is 12.1 Å². The van der Waals surface area contributed by atoms with Crippen molar-refractivity contribution >= 4 is 5.69 Å². The molecule has 1 aromatic heterocycles. The lowest BCUT2D eigenvalue weighted by atomic mass is 10.2. The molecule has 0 atom stereocenters. The third-order valence-electron chi connectivity index (χ3n) is 3.66. The van der Waals surface area contributed by atoms with Crippen LogP contribution in [0.25, 0.3) is 0 Å². The highest BCUT2D eigenvalue weighted by Crippen LogP contribution is 2.16. The molecule has 0 spiro atoms. The highest BCUT2D eigenvalue weighted by atomic mass is 15.3. The van der Waals surface area contributed by atoms with Crippen molar-refractivity contribution in [3.8, 4) is 0 Å². The fraction of sp³-hybridized carbons (Fsp3) is 0.429. The van der Waals surface area contributed by atoms with Gasteiger partial charge in [0.25, 0.3) is 0 Å². The number of benzene rings is 1. The Morgan fingerprint density at radius 3 is 2.42 bits per heavy atom. The number of aryl methyl sites for hydroxylation is 1. The number of rotatable bonds is 3. The zero-order valence-electron chi connectivity index (χ0n) is 11.2. The van der Waals surface area contributed by atoms with Crippen molar-refractivity contribution in [2.45, 2.75) is 6.54 Å². The first-order valence-corrected chi connectivity index (χ1v) is 6.68. The quantitative estimate of drug-likeness (QED) is 0.826. The number of hydrogen-bond donors (Lipinski definition) is 0. The Balaban J connectivity index is 1.57. The van der Waals surface area contributed by atoms with Crippen LogP contribution in [0.5, 0.6) is 0 Å². The van der Waals surface area contributed by atoms with Crippen LogP contribution in [0, 0.1) is 0 Å². The maximum Gasteiger partial charge on any atom is 0.146 e. The smallest absolute Gasteiger partial charge is 0.146 e. The normalized spacial score (nSPS) is 16.8. The number of nitrogens with zero attached hydrogens (tertiary/aromatic N) is 5. The predicted octanol–water partition coefficient (Wildman–Crippen LogP) is 1.14. The first-order chi connectivity index (χ1) is 9.33. The van der Waals surface area contributed by atoms with Crippen LogP contribution in [0.2, 0.25) is 0 Å².